The molecule has 120 valence electrons. The van der Waals surface area contributed by atoms with Crippen molar-refractivity contribution in [3.8, 4) is 0 Å². The van der Waals surface area contributed by atoms with E-state index in [9.17, 15) is 4.79 Å². The first kappa shape index (κ1) is 16.5. The van der Waals surface area contributed by atoms with Crippen LogP contribution in [0.1, 0.15) is 19.8 Å². The molecule has 1 fully saturated rings. The SMILES string of the molecule is CCOC(=O)N1CCC(NC(=S)N(C)c2ccccc2)CC1. The summed E-state index contributed by atoms with van der Waals surface area (Å²) in [6.45, 7) is 3.65. The van der Waals surface area contributed by atoms with Crippen molar-refractivity contribution in [3.05, 3.63) is 30.3 Å². The van der Waals surface area contributed by atoms with E-state index in [1.807, 2.05) is 49.2 Å². The number of nitrogens with one attached hydrogen (secondary N) is 1. The smallest absolute Gasteiger partial charge is 0.409 e. The fourth-order valence-electron chi connectivity index (χ4n) is 2.46. The number of anilines is 1. The molecule has 1 aliphatic heterocycles. The van der Waals surface area contributed by atoms with Crippen LogP contribution in [0.3, 0.4) is 0 Å². The number of benzene rings is 1. The van der Waals surface area contributed by atoms with Crippen molar-refractivity contribution in [2.24, 2.45) is 0 Å². The van der Waals surface area contributed by atoms with Gasteiger partial charge in [-0.1, -0.05) is 18.2 Å². The summed E-state index contributed by atoms with van der Waals surface area (Å²) in [7, 11) is 1.96. The summed E-state index contributed by atoms with van der Waals surface area (Å²) < 4.78 is 5.03. The second-order valence-electron chi connectivity index (χ2n) is 5.30. The van der Waals surface area contributed by atoms with Crippen molar-refractivity contribution in [2.75, 3.05) is 31.6 Å². The second kappa shape index (κ2) is 7.98. The third kappa shape index (κ3) is 4.34. The summed E-state index contributed by atoms with van der Waals surface area (Å²) in [6.07, 6.45) is 1.54. The van der Waals surface area contributed by atoms with Gasteiger partial charge in [0.05, 0.1) is 6.61 Å². The third-order valence-corrected chi connectivity index (χ3v) is 4.19. The molecule has 0 spiro atoms. The molecule has 1 aromatic carbocycles. The van der Waals surface area contributed by atoms with Crippen molar-refractivity contribution in [1.29, 1.82) is 0 Å². The molecule has 1 aliphatic rings. The van der Waals surface area contributed by atoms with Crippen LogP contribution in [0.5, 0.6) is 0 Å². The Bertz CT molecular complexity index is 501. The number of likely N-dealkylation sites (tertiary alicyclic amines) is 1. The van der Waals surface area contributed by atoms with Gasteiger partial charge in [-0.05, 0) is 44.1 Å². The topological polar surface area (TPSA) is 44.8 Å². The van der Waals surface area contributed by atoms with Crippen LogP contribution in [0.25, 0.3) is 0 Å². The van der Waals surface area contributed by atoms with Crippen molar-refractivity contribution in [2.45, 2.75) is 25.8 Å². The molecule has 0 bridgehead atoms. The van der Waals surface area contributed by atoms with E-state index in [1.165, 1.54) is 0 Å². The summed E-state index contributed by atoms with van der Waals surface area (Å²) in [5.41, 5.74) is 1.06. The largest absolute Gasteiger partial charge is 0.450 e. The lowest BCUT2D eigenvalue weighted by Crippen LogP contribution is -2.49. The van der Waals surface area contributed by atoms with Gasteiger partial charge in [0.25, 0.3) is 0 Å². The fraction of sp³-hybridized carbons (Fsp3) is 0.500. The Kier molecular flexibility index (Phi) is 6.00. The number of rotatable bonds is 3. The summed E-state index contributed by atoms with van der Waals surface area (Å²) in [6, 6.07) is 10.3. The van der Waals surface area contributed by atoms with Crippen molar-refractivity contribution in [1.82, 2.24) is 10.2 Å². The number of carbonyl (C=O) groups excluding carboxylic acids is 1. The van der Waals surface area contributed by atoms with Crippen LogP contribution < -0.4 is 10.2 Å². The molecule has 0 saturated carbocycles. The minimum absolute atomic E-state index is 0.218. The lowest BCUT2D eigenvalue weighted by molar-refractivity contribution is 0.0964. The van der Waals surface area contributed by atoms with E-state index in [1.54, 1.807) is 4.90 Å². The molecule has 0 radical (unpaired) electrons. The number of nitrogens with zero attached hydrogens (tertiary/aromatic N) is 2. The summed E-state index contributed by atoms with van der Waals surface area (Å²) in [5.74, 6) is 0. The molecule has 5 nitrogen and oxygen atoms in total. The van der Waals surface area contributed by atoms with Crippen LogP contribution in [0.15, 0.2) is 30.3 Å². The van der Waals surface area contributed by atoms with Crippen LogP contribution in [0.4, 0.5) is 10.5 Å². The number of hydrogen-bond donors (Lipinski definition) is 1. The van der Waals surface area contributed by atoms with Gasteiger partial charge in [-0.3, -0.25) is 0 Å². The maximum absolute atomic E-state index is 11.7. The van der Waals surface area contributed by atoms with Crippen molar-refractivity contribution >= 4 is 29.1 Å². The second-order valence-corrected chi connectivity index (χ2v) is 5.69. The van der Waals surface area contributed by atoms with Crippen LogP contribution >= 0.6 is 12.2 Å². The maximum Gasteiger partial charge on any atom is 0.409 e. The highest BCUT2D eigenvalue weighted by Crippen LogP contribution is 2.14. The number of thiocarbonyl (C=S) groups is 1. The Balaban J connectivity index is 1.81. The zero-order valence-corrected chi connectivity index (χ0v) is 13.9. The average Bonchev–Trinajstić information content (AvgIpc) is 2.55. The van der Waals surface area contributed by atoms with Gasteiger partial charge in [0.2, 0.25) is 0 Å². The average molecular weight is 321 g/mol. The van der Waals surface area contributed by atoms with E-state index in [0.29, 0.717) is 30.9 Å². The maximum atomic E-state index is 11.7. The molecule has 22 heavy (non-hydrogen) atoms. The van der Waals surface area contributed by atoms with Crippen molar-refractivity contribution < 1.29 is 9.53 Å². The first-order valence-electron chi connectivity index (χ1n) is 7.62. The zero-order valence-electron chi connectivity index (χ0n) is 13.1. The van der Waals surface area contributed by atoms with Gasteiger partial charge in [0.15, 0.2) is 5.11 Å². The molecule has 0 unspecified atom stereocenters. The van der Waals surface area contributed by atoms with E-state index in [0.717, 1.165) is 18.5 Å². The van der Waals surface area contributed by atoms with Crippen LogP contribution in [0, 0.1) is 0 Å². The van der Waals surface area contributed by atoms with Gasteiger partial charge < -0.3 is 19.9 Å². The first-order chi connectivity index (χ1) is 10.6. The van der Waals surface area contributed by atoms with Gasteiger partial charge in [-0.2, -0.15) is 0 Å². The van der Waals surface area contributed by atoms with Gasteiger partial charge in [-0.15, -0.1) is 0 Å². The minimum atomic E-state index is -0.218. The van der Waals surface area contributed by atoms with Crippen molar-refractivity contribution in [3.63, 3.8) is 0 Å². The molecule has 1 saturated heterocycles. The van der Waals surface area contributed by atoms with E-state index in [-0.39, 0.29) is 6.09 Å². The van der Waals surface area contributed by atoms with Crippen LogP contribution in [-0.2, 0) is 4.74 Å². The number of para-hydroxylation sites is 1. The molecule has 1 aromatic rings. The number of hydrogen-bond acceptors (Lipinski definition) is 3. The molecule has 2 rings (SSSR count). The highest BCUT2D eigenvalue weighted by molar-refractivity contribution is 7.80. The number of piperidine rings is 1. The molecule has 1 heterocycles. The molecule has 0 aromatic heterocycles. The molecule has 0 aliphatic carbocycles. The molecule has 6 heteroatoms. The number of ether oxygens (including phenoxy) is 1. The molecular formula is C16H23N3O2S. The molecule has 1 N–H and O–H groups in total. The Labute approximate surface area is 137 Å². The Morgan fingerprint density at radius 1 is 1.36 bits per heavy atom. The number of amides is 1. The van der Waals surface area contributed by atoms with Gasteiger partial charge in [0, 0.05) is 31.9 Å². The highest BCUT2D eigenvalue weighted by atomic mass is 32.1. The standard InChI is InChI=1S/C16H23N3O2S/c1-3-21-16(20)19-11-9-13(10-12-19)17-15(22)18(2)14-7-5-4-6-8-14/h4-8,13H,3,9-12H2,1-2H3,(H,17,22). The Hall–Kier alpha value is -1.82. The van der Waals surface area contributed by atoms with Crippen LogP contribution in [-0.4, -0.2) is 48.9 Å². The lowest BCUT2D eigenvalue weighted by Gasteiger charge is -2.33. The fourth-order valence-corrected chi connectivity index (χ4v) is 2.73. The third-order valence-electron chi connectivity index (χ3n) is 3.80. The highest BCUT2D eigenvalue weighted by Gasteiger charge is 2.24. The summed E-state index contributed by atoms with van der Waals surface area (Å²) in [4.78, 5) is 15.4. The molecule has 0 atom stereocenters. The number of carbonyl (C=O) groups is 1. The summed E-state index contributed by atoms with van der Waals surface area (Å²) >= 11 is 5.47. The summed E-state index contributed by atoms with van der Waals surface area (Å²) in [5, 5.41) is 4.10. The van der Waals surface area contributed by atoms with Gasteiger partial charge >= 0.3 is 6.09 Å². The molecular weight excluding hydrogens is 298 g/mol. The predicted octanol–water partition coefficient (Wildman–Crippen LogP) is 2.62. The monoisotopic (exact) mass is 321 g/mol. The normalized spacial score (nSPS) is 15.3. The van der Waals surface area contributed by atoms with E-state index in [2.05, 4.69) is 5.32 Å². The Morgan fingerprint density at radius 3 is 2.59 bits per heavy atom. The quantitative estimate of drug-likeness (QED) is 0.867. The predicted molar refractivity (Wildman–Crippen MR) is 92.2 cm³/mol. The van der Waals surface area contributed by atoms with Gasteiger partial charge in [0.1, 0.15) is 0 Å². The van der Waals surface area contributed by atoms with E-state index < -0.39 is 0 Å². The van der Waals surface area contributed by atoms with E-state index >= 15 is 0 Å². The zero-order chi connectivity index (χ0) is 15.9. The molecule has 1 amide bonds. The first-order valence-corrected chi connectivity index (χ1v) is 8.03. The van der Waals surface area contributed by atoms with E-state index in [4.69, 9.17) is 17.0 Å². The Morgan fingerprint density at radius 2 is 2.00 bits per heavy atom. The lowest BCUT2D eigenvalue weighted by atomic mass is 10.1. The van der Waals surface area contributed by atoms with Crippen LogP contribution in [0.2, 0.25) is 0 Å². The van der Waals surface area contributed by atoms with Gasteiger partial charge in [-0.25, -0.2) is 4.79 Å². The minimum Gasteiger partial charge on any atom is -0.450 e.